The molecule has 2 aliphatic heterocycles. The van der Waals surface area contributed by atoms with Gasteiger partial charge in [-0.1, -0.05) is 0 Å². The Labute approximate surface area is 150 Å². The minimum absolute atomic E-state index is 0.252. The quantitative estimate of drug-likeness (QED) is 0.851. The van der Waals surface area contributed by atoms with Crippen molar-refractivity contribution < 1.29 is 13.9 Å². The van der Waals surface area contributed by atoms with Gasteiger partial charge in [0.2, 0.25) is 0 Å². The van der Waals surface area contributed by atoms with Crippen molar-refractivity contribution in [3.63, 3.8) is 0 Å². The third-order valence-electron chi connectivity index (χ3n) is 4.44. The van der Waals surface area contributed by atoms with Crippen LogP contribution in [0.5, 0.6) is 0 Å². The van der Waals surface area contributed by atoms with Crippen LogP contribution in [0.2, 0.25) is 0 Å². The van der Waals surface area contributed by atoms with E-state index in [9.17, 15) is 0 Å². The molecule has 2 fully saturated rings. The monoisotopic (exact) mass is 365 g/mol. The van der Waals surface area contributed by atoms with E-state index in [0.717, 1.165) is 55.3 Å². The van der Waals surface area contributed by atoms with Crippen LogP contribution < -0.4 is 5.32 Å². The molecular formula is C16H23N5O3S. The first kappa shape index (κ1) is 17.0. The molecule has 0 amide bonds. The molecule has 2 aromatic rings. The Kier molecular flexibility index (Phi) is 5.09. The fourth-order valence-electron chi connectivity index (χ4n) is 3.20. The number of rotatable bonds is 4. The number of nitrogens with zero attached hydrogens (tertiary/aromatic N) is 4. The second-order valence-electron chi connectivity index (χ2n) is 6.52. The lowest BCUT2D eigenvalue weighted by atomic mass is 10.0. The molecule has 8 nitrogen and oxygen atoms in total. The van der Waals surface area contributed by atoms with Crippen molar-refractivity contribution in [3.8, 4) is 0 Å². The average Bonchev–Trinajstić information content (AvgIpc) is 3.14. The third kappa shape index (κ3) is 4.06. The standard InChI is InChI=1S/C16H23N5O3S/c1-20-12-18-19-15(20)25-14-3-2-13(24-14)8-21-5-7-23-16(10-21)9-17-4-6-22-11-16/h2-3,12,17H,4-11H2,1H3/t16-/m0/s1. The predicted molar refractivity (Wildman–Crippen MR) is 91.5 cm³/mol. The van der Waals surface area contributed by atoms with E-state index in [1.165, 1.54) is 11.8 Å². The summed E-state index contributed by atoms with van der Waals surface area (Å²) < 4.78 is 19.6. The number of aromatic nitrogens is 3. The zero-order valence-electron chi connectivity index (χ0n) is 14.3. The zero-order chi connectivity index (χ0) is 17.1. The van der Waals surface area contributed by atoms with E-state index in [1.807, 2.05) is 23.7 Å². The van der Waals surface area contributed by atoms with Gasteiger partial charge in [0.1, 0.15) is 17.7 Å². The molecular weight excluding hydrogens is 342 g/mol. The first-order valence-electron chi connectivity index (χ1n) is 8.48. The molecule has 4 heterocycles. The van der Waals surface area contributed by atoms with Gasteiger partial charge in [-0.2, -0.15) is 0 Å². The molecule has 9 heteroatoms. The molecule has 1 atom stereocenters. The Morgan fingerprint density at radius 3 is 3.20 bits per heavy atom. The van der Waals surface area contributed by atoms with Crippen molar-refractivity contribution in [1.29, 1.82) is 0 Å². The summed E-state index contributed by atoms with van der Waals surface area (Å²) in [5, 5.41) is 13.0. The number of aryl methyl sites for hydroxylation is 1. The Hall–Kier alpha value is -1.39. The molecule has 2 aromatic heterocycles. The zero-order valence-corrected chi connectivity index (χ0v) is 15.1. The Balaban J connectivity index is 1.38. The highest BCUT2D eigenvalue weighted by Gasteiger charge is 2.38. The number of ether oxygens (including phenoxy) is 2. The maximum absolute atomic E-state index is 6.06. The maximum atomic E-state index is 6.06. The number of hydrogen-bond acceptors (Lipinski definition) is 8. The molecule has 0 saturated carbocycles. The van der Waals surface area contributed by atoms with Gasteiger partial charge in [-0.15, -0.1) is 10.2 Å². The molecule has 0 aliphatic carbocycles. The van der Waals surface area contributed by atoms with Gasteiger partial charge in [-0.3, -0.25) is 4.90 Å². The van der Waals surface area contributed by atoms with Gasteiger partial charge in [0.05, 0.1) is 26.4 Å². The van der Waals surface area contributed by atoms with Crippen LogP contribution in [0.3, 0.4) is 0 Å². The minimum Gasteiger partial charge on any atom is -0.453 e. The van der Waals surface area contributed by atoms with Gasteiger partial charge in [-0.05, 0) is 23.9 Å². The van der Waals surface area contributed by atoms with Crippen LogP contribution in [0.4, 0.5) is 0 Å². The fourth-order valence-corrected chi connectivity index (χ4v) is 3.94. The SMILES string of the molecule is Cn1cnnc1Sc1ccc(CN2CCO[C@@]3(CNCCOC3)C2)o1. The van der Waals surface area contributed by atoms with Crippen molar-refractivity contribution in [1.82, 2.24) is 25.0 Å². The van der Waals surface area contributed by atoms with E-state index < -0.39 is 0 Å². The fraction of sp³-hybridized carbons (Fsp3) is 0.625. The van der Waals surface area contributed by atoms with Crippen molar-refractivity contribution in [2.45, 2.75) is 22.4 Å². The summed E-state index contributed by atoms with van der Waals surface area (Å²) in [5.41, 5.74) is -0.252. The third-order valence-corrected chi connectivity index (χ3v) is 5.41. The largest absolute Gasteiger partial charge is 0.453 e. The highest BCUT2D eigenvalue weighted by atomic mass is 32.2. The molecule has 0 radical (unpaired) electrons. The number of morpholine rings is 1. The second kappa shape index (κ2) is 7.46. The Morgan fingerprint density at radius 2 is 2.32 bits per heavy atom. The summed E-state index contributed by atoms with van der Waals surface area (Å²) >= 11 is 1.48. The Bertz CT molecular complexity index is 696. The molecule has 0 aromatic carbocycles. The number of nitrogens with one attached hydrogen (secondary N) is 1. The molecule has 0 unspecified atom stereocenters. The molecule has 1 N–H and O–H groups in total. The number of hydrogen-bond donors (Lipinski definition) is 1. The summed E-state index contributed by atoms with van der Waals surface area (Å²) in [6.07, 6.45) is 1.68. The predicted octanol–water partition coefficient (Wildman–Crippen LogP) is 0.750. The van der Waals surface area contributed by atoms with E-state index in [4.69, 9.17) is 13.9 Å². The van der Waals surface area contributed by atoms with Crippen LogP contribution in [0.25, 0.3) is 0 Å². The highest BCUT2D eigenvalue weighted by Crippen LogP contribution is 2.28. The molecule has 136 valence electrons. The number of furan rings is 1. The lowest BCUT2D eigenvalue weighted by Crippen LogP contribution is -2.57. The Morgan fingerprint density at radius 1 is 1.36 bits per heavy atom. The lowest BCUT2D eigenvalue weighted by molar-refractivity contribution is -0.136. The van der Waals surface area contributed by atoms with Gasteiger partial charge < -0.3 is 23.8 Å². The first-order chi connectivity index (χ1) is 12.2. The van der Waals surface area contributed by atoms with Crippen LogP contribution >= 0.6 is 11.8 Å². The van der Waals surface area contributed by atoms with Crippen molar-refractivity contribution in [2.75, 3.05) is 46.0 Å². The van der Waals surface area contributed by atoms with Gasteiger partial charge in [-0.25, -0.2) is 0 Å². The molecule has 4 rings (SSSR count). The molecule has 2 saturated heterocycles. The van der Waals surface area contributed by atoms with Crippen molar-refractivity contribution in [3.05, 3.63) is 24.2 Å². The second-order valence-corrected chi connectivity index (χ2v) is 7.49. The van der Waals surface area contributed by atoms with Crippen LogP contribution in [-0.2, 0) is 23.1 Å². The average molecular weight is 365 g/mol. The van der Waals surface area contributed by atoms with Gasteiger partial charge in [0, 0.05) is 33.2 Å². The van der Waals surface area contributed by atoms with E-state index >= 15 is 0 Å². The first-order valence-corrected chi connectivity index (χ1v) is 9.29. The summed E-state index contributed by atoms with van der Waals surface area (Å²) in [6.45, 7) is 6.31. The summed E-state index contributed by atoms with van der Waals surface area (Å²) in [4.78, 5) is 2.37. The van der Waals surface area contributed by atoms with E-state index in [0.29, 0.717) is 13.2 Å². The van der Waals surface area contributed by atoms with Crippen LogP contribution in [0.1, 0.15) is 5.76 Å². The lowest BCUT2D eigenvalue weighted by Gasteiger charge is -2.41. The molecule has 2 aliphatic rings. The highest BCUT2D eigenvalue weighted by molar-refractivity contribution is 7.99. The van der Waals surface area contributed by atoms with E-state index in [1.54, 1.807) is 6.33 Å². The van der Waals surface area contributed by atoms with Crippen molar-refractivity contribution >= 4 is 11.8 Å². The molecule has 0 bridgehead atoms. The maximum Gasteiger partial charge on any atom is 0.198 e. The van der Waals surface area contributed by atoms with Crippen LogP contribution in [0, 0.1) is 0 Å². The van der Waals surface area contributed by atoms with Gasteiger partial charge in [0.15, 0.2) is 10.2 Å². The minimum atomic E-state index is -0.252. The molecule has 25 heavy (non-hydrogen) atoms. The smallest absolute Gasteiger partial charge is 0.198 e. The van der Waals surface area contributed by atoms with Crippen LogP contribution in [-0.4, -0.2) is 71.3 Å². The van der Waals surface area contributed by atoms with Crippen LogP contribution in [0.15, 0.2) is 33.1 Å². The summed E-state index contributed by atoms with van der Waals surface area (Å²) in [7, 11) is 1.92. The summed E-state index contributed by atoms with van der Waals surface area (Å²) in [5.74, 6) is 0.948. The van der Waals surface area contributed by atoms with E-state index in [2.05, 4.69) is 20.4 Å². The summed E-state index contributed by atoms with van der Waals surface area (Å²) in [6, 6.07) is 4.02. The normalized spacial score (nSPS) is 25.3. The topological polar surface area (TPSA) is 77.6 Å². The van der Waals surface area contributed by atoms with Gasteiger partial charge in [0.25, 0.3) is 0 Å². The van der Waals surface area contributed by atoms with E-state index in [-0.39, 0.29) is 5.60 Å². The van der Waals surface area contributed by atoms with Gasteiger partial charge >= 0.3 is 0 Å². The van der Waals surface area contributed by atoms with Crippen molar-refractivity contribution in [2.24, 2.45) is 7.05 Å². The molecule has 1 spiro atoms.